The summed E-state index contributed by atoms with van der Waals surface area (Å²) in [6.07, 6.45) is 2.44. The molecule has 120 valence electrons. The van der Waals surface area contributed by atoms with Gasteiger partial charge in [-0.1, -0.05) is 0 Å². The van der Waals surface area contributed by atoms with Crippen LogP contribution in [0.15, 0.2) is 52.7 Å². The monoisotopic (exact) mass is 321 g/mol. The first kappa shape index (κ1) is 15.6. The third-order valence-electron chi connectivity index (χ3n) is 3.91. The van der Waals surface area contributed by atoms with Gasteiger partial charge in [-0.3, -0.25) is 10.1 Å². The van der Waals surface area contributed by atoms with Crippen molar-refractivity contribution in [1.29, 1.82) is 5.26 Å². The third-order valence-corrected chi connectivity index (χ3v) is 3.91. The third kappa shape index (κ3) is 3.38. The average molecular weight is 321 g/mol. The van der Waals surface area contributed by atoms with Crippen LogP contribution < -0.4 is 4.90 Å². The number of nitrogens with zero attached hydrogens (tertiary/aromatic N) is 5. The lowest BCUT2D eigenvalue weighted by Crippen LogP contribution is -2.17. The van der Waals surface area contributed by atoms with E-state index in [9.17, 15) is 10.1 Å². The van der Waals surface area contributed by atoms with Crippen molar-refractivity contribution >= 4 is 22.7 Å². The minimum absolute atomic E-state index is 0.127. The first-order valence-corrected chi connectivity index (χ1v) is 7.63. The van der Waals surface area contributed by atoms with Crippen molar-refractivity contribution < 1.29 is 4.92 Å². The quantitative estimate of drug-likeness (QED) is 0.471. The van der Waals surface area contributed by atoms with Crippen molar-refractivity contribution in [2.24, 2.45) is 10.2 Å². The predicted molar refractivity (Wildman–Crippen MR) is 89.9 cm³/mol. The fourth-order valence-electron chi connectivity index (χ4n) is 2.63. The number of benzene rings is 2. The second kappa shape index (κ2) is 6.87. The lowest BCUT2D eigenvalue weighted by Gasteiger charge is -2.17. The van der Waals surface area contributed by atoms with Gasteiger partial charge in [0, 0.05) is 30.9 Å². The number of nitro benzene ring substituents is 1. The van der Waals surface area contributed by atoms with E-state index in [0.717, 1.165) is 13.1 Å². The smallest absolute Gasteiger partial charge is 0.270 e. The van der Waals surface area contributed by atoms with Crippen LogP contribution in [-0.4, -0.2) is 18.0 Å². The van der Waals surface area contributed by atoms with Crippen molar-refractivity contribution in [2.45, 2.75) is 12.8 Å². The van der Waals surface area contributed by atoms with Gasteiger partial charge in [0.05, 0.1) is 16.2 Å². The van der Waals surface area contributed by atoms with Crippen LogP contribution in [0.4, 0.5) is 22.7 Å². The van der Waals surface area contributed by atoms with Crippen LogP contribution in [0.1, 0.15) is 18.4 Å². The highest BCUT2D eigenvalue weighted by atomic mass is 16.6. The Labute approximate surface area is 139 Å². The van der Waals surface area contributed by atoms with E-state index >= 15 is 0 Å². The van der Waals surface area contributed by atoms with Crippen LogP contribution in [0.3, 0.4) is 0 Å². The lowest BCUT2D eigenvalue weighted by molar-refractivity contribution is -0.384. The zero-order valence-electron chi connectivity index (χ0n) is 12.9. The van der Waals surface area contributed by atoms with Crippen LogP contribution in [0.2, 0.25) is 0 Å². The van der Waals surface area contributed by atoms with Crippen molar-refractivity contribution in [3.8, 4) is 6.07 Å². The Morgan fingerprint density at radius 1 is 1.08 bits per heavy atom. The molecular formula is C17H15N5O2. The van der Waals surface area contributed by atoms with Gasteiger partial charge in [-0.2, -0.15) is 10.4 Å². The van der Waals surface area contributed by atoms with Gasteiger partial charge < -0.3 is 4.90 Å². The molecule has 0 bridgehead atoms. The van der Waals surface area contributed by atoms with E-state index in [-0.39, 0.29) is 11.3 Å². The summed E-state index contributed by atoms with van der Waals surface area (Å²) in [7, 11) is 0. The molecule has 0 aromatic heterocycles. The highest BCUT2D eigenvalue weighted by Gasteiger charge is 2.12. The van der Waals surface area contributed by atoms with Gasteiger partial charge in [-0.05, 0) is 43.2 Å². The molecule has 0 amide bonds. The number of hydrogen-bond acceptors (Lipinski definition) is 6. The van der Waals surface area contributed by atoms with E-state index in [4.69, 9.17) is 5.26 Å². The summed E-state index contributed by atoms with van der Waals surface area (Å²) in [6, 6.07) is 13.6. The molecule has 0 atom stereocenters. The Kier molecular flexibility index (Phi) is 4.47. The second-order valence-electron chi connectivity index (χ2n) is 5.48. The maximum absolute atomic E-state index is 10.7. The predicted octanol–water partition coefficient (Wildman–Crippen LogP) is 4.48. The van der Waals surface area contributed by atoms with Gasteiger partial charge >= 0.3 is 0 Å². The molecule has 0 saturated carbocycles. The average Bonchev–Trinajstić information content (AvgIpc) is 3.14. The number of hydrogen-bond donors (Lipinski definition) is 0. The molecule has 0 aliphatic carbocycles. The topological polar surface area (TPSA) is 94.9 Å². The summed E-state index contributed by atoms with van der Waals surface area (Å²) in [6.45, 7) is 2.16. The molecule has 1 aliphatic heterocycles. The molecule has 2 aromatic rings. The molecule has 1 fully saturated rings. The van der Waals surface area contributed by atoms with Crippen LogP contribution in [0, 0.1) is 21.4 Å². The Morgan fingerprint density at radius 2 is 1.79 bits per heavy atom. The number of rotatable bonds is 4. The van der Waals surface area contributed by atoms with Crippen LogP contribution in [0.5, 0.6) is 0 Å². The summed E-state index contributed by atoms with van der Waals surface area (Å²) in [5.41, 5.74) is 2.13. The van der Waals surface area contributed by atoms with Crippen LogP contribution >= 0.6 is 0 Å². The van der Waals surface area contributed by atoms with E-state index in [0.29, 0.717) is 11.4 Å². The second-order valence-corrected chi connectivity index (χ2v) is 5.48. The van der Waals surface area contributed by atoms with E-state index in [1.165, 1.54) is 36.7 Å². The molecule has 0 spiro atoms. The maximum atomic E-state index is 10.7. The molecule has 2 aromatic carbocycles. The first-order chi connectivity index (χ1) is 11.7. The summed E-state index contributed by atoms with van der Waals surface area (Å²) < 4.78 is 0. The molecule has 0 radical (unpaired) electrons. The molecule has 3 rings (SSSR count). The van der Waals surface area contributed by atoms with E-state index in [1.54, 1.807) is 0 Å². The molecule has 0 N–H and O–H groups in total. The van der Waals surface area contributed by atoms with Crippen LogP contribution in [0.25, 0.3) is 0 Å². The number of non-ortho nitro benzene ring substituents is 1. The largest absolute Gasteiger partial charge is 0.372 e. The van der Waals surface area contributed by atoms with Crippen molar-refractivity contribution in [1.82, 2.24) is 0 Å². The fourth-order valence-corrected chi connectivity index (χ4v) is 2.63. The Balaban J connectivity index is 1.78. The lowest BCUT2D eigenvalue weighted by atomic mass is 10.2. The summed E-state index contributed by atoms with van der Waals surface area (Å²) in [5.74, 6) is 0. The van der Waals surface area contributed by atoms with Gasteiger partial charge in [0.25, 0.3) is 5.69 Å². The van der Waals surface area contributed by atoms with Gasteiger partial charge in [0.2, 0.25) is 0 Å². The maximum Gasteiger partial charge on any atom is 0.270 e. The zero-order chi connectivity index (χ0) is 16.9. The molecule has 24 heavy (non-hydrogen) atoms. The number of nitro groups is 1. The molecule has 1 heterocycles. The SMILES string of the molecule is N#Cc1cc([N+](=O)[O-])ccc1N=Nc1ccc(N2CCCC2)cc1. The van der Waals surface area contributed by atoms with E-state index in [2.05, 4.69) is 15.1 Å². The van der Waals surface area contributed by atoms with Gasteiger partial charge in [-0.25, -0.2) is 0 Å². The Hall–Kier alpha value is -3.27. The van der Waals surface area contributed by atoms with Gasteiger partial charge in [0.15, 0.2) is 0 Å². The van der Waals surface area contributed by atoms with Gasteiger partial charge in [0.1, 0.15) is 11.8 Å². The van der Waals surface area contributed by atoms with Crippen molar-refractivity contribution in [2.75, 3.05) is 18.0 Å². The highest BCUT2D eigenvalue weighted by Crippen LogP contribution is 2.27. The summed E-state index contributed by atoms with van der Waals surface area (Å²) in [4.78, 5) is 12.5. The molecule has 7 heteroatoms. The minimum atomic E-state index is -0.543. The number of anilines is 1. The molecule has 7 nitrogen and oxygen atoms in total. The number of azo groups is 1. The number of nitriles is 1. The Morgan fingerprint density at radius 3 is 2.42 bits per heavy atom. The molecule has 1 aliphatic rings. The van der Waals surface area contributed by atoms with E-state index < -0.39 is 4.92 Å². The fraction of sp³-hybridized carbons (Fsp3) is 0.235. The molecule has 0 unspecified atom stereocenters. The summed E-state index contributed by atoms with van der Waals surface area (Å²) >= 11 is 0. The normalized spacial score (nSPS) is 14.0. The minimum Gasteiger partial charge on any atom is -0.372 e. The standard InChI is InChI=1S/C17H15N5O2/c18-12-13-11-16(22(23)24)7-8-17(13)20-19-14-3-5-15(6-4-14)21-9-1-2-10-21/h3-8,11H,1-2,9-10H2. The Bertz CT molecular complexity index is 818. The molecular weight excluding hydrogens is 306 g/mol. The first-order valence-electron chi connectivity index (χ1n) is 7.63. The molecule has 1 saturated heterocycles. The van der Waals surface area contributed by atoms with Gasteiger partial charge in [-0.15, -0.1) is 5.11 Å². The van der Waals surface area contributed by atoms with E-state index in [1.807, 2.05) is 30.3 Å². The highest BCUT2D eigenvalue weighted by molar-refractivity contribution is 5.58. The van der Waals surface area contributed by atoms with Crippen molar-refractivity contribution in [3.63, 3.8) is 0 Å². The zero-order valence-corrected chi connectivity index (χ0v) is 12.9. The summed E-state index contributed by atoms with van der Waals surface area (Å²) in [5, 5.41) is 28.0. The van der Waals surface area contributed by atoms with Crippen LogP contribution in [-0.2, 0) is 0 Å². The van der Waals surface area contributed by atoms with Crippen molar-refractivity contribution in [3.05, 3.63) is 58.1 Å².